The first kappa shape index (κ1) is 29.2. The first-order valence-electron chi connectivity index (χ1n) is 11.0. The number of benzene rings is 2. The van der Waals surface area contributed by atoms with Gasteiger partial charge in [-0.3, -0.25) is 13.9 Å². The minimum atomic E-state index is -3.85. The van der Waals surface area contributed by atoms with Crippen LogP contribution in [0, 0.1) is 6.92 Å². The number of nitrogens with zero attached hydrogens (tertiary/aromatic N) is 2. The number of hydrogen-bond acceptors (Lipinski definition) is 4. The fraction of sp³-hybridized carbons (Fsp3) is 0.417. The molecule has 0 spiro atoms. The van der Waals surface area contributed by atoms with Crippen LogP contribution in [-0.4, -0.2) is 50.0 Å². The topological polar surface area (TPSA) is 86.8 Å². The van der Waals surface area contributed by atoms with E-state index < -0.39 is 28.5 Å². The molecule has 0 aliphatic heterocycles. The van der Waals surface area contributed by atoms with Crippen molar-refractivity contribution in [3.8, 4) is 0 Å². The van der Waals surface area contributed by atoms with Crippen LogP contribution in [0.3, 0.4) is 0 Å². The summed E-state index contributed by atoms with van der Waals surface area (Å²) in [4.78, 5) is 27.8. The first-order chi connectivity index (χ1) is 16.2. The van der Waals surface area contributed by atoms with Crippen LogP contribution >= 0.6 is 34.8 Å². The van der Waals surface area contributed by atoms with E-state index in [2.05, 4.69) is 5.32 Å². The van der Waals surface area contributed by atoms with E-state index in [-0.39, 0.29) is 18.5 Å². The summed E-state index contributed by atoms with van der Waals surface area (Å²) in [6.45, 7) is 6.64. The molecule has 2 atom stereocenters. The van der Waals surface area contributed by atoms with Gasteiger partial charge in [-0.05, 0) is 62.6 Å². The molecular formula is C24H30Cl3N3O4S. The van der Waals surface area contributed by atoms with Gasteiger partial charge in [0.1, 0.15) is 12.6 Å². The Bertz CT molecular complexity index is 1190. The van der Waals surface area contributed by atoms with Gasteiger partial charge < -0.3 is 10.2 Å². The minimum absolute atomic E-state index is 0.0247. The summed E-state index contributed by atoms with van der Waals surface area (Å²) >= 11 is 18.3. The number of anilines is 1. The molecule has 7 nitrogen and oxygen atoms in total. The number of rotatable bonds is 10. The highest BCUT2D eigenvalue weighted by Gasteiger charge is 2.31. The minimum Gasteiger partial charge on any atom is -0.352 e. The molecule has 0 aliphatic rings. The predicted molar refractivity (Wildman–Crippen MR) is 143 cm³/mol. The molecule has 2 aromatic carbocycles. The summed E-state index contributed by atoms with van der Waals surface area (Å²) in [6, 6.07) is 8.75. The second kappa shape index (κ2) is 12.3. The molecule has 2 amide bonds. The van der Waals surface area contributed by atoms with Crippen LogP contribution in [-0.2, 0) is 26.2 Å². The Morgan fingerprint density at radius 3 is 2.26 bits per heavy atom. The van der Waals surface area contributed by atoms with Crippen molar-refractivity contribution in [2.75, 3.05) is 17.1 Å². The zero-order chi connectivity index (χ0) is 26.5. The predicted octanol–water partition coefficient (Wildman–Crippen LogP) is 5.05. The fourth-order valence-corrected chi connectivity index (χ4v) is 4.71. The molecule has 0 radical (unpaired) electrons. The number of carbonyl (C=O) groups excluding carboxylic acids is 2. The van der Waals surface area contributed by atoms with Crippen molar-refractivity contribution in [1.29, 1.82) is 0 Å². The largest absolute Gasteiger partial charge is 0.352 e. The third-order valence-corrected chi connectivity index (χ3v) is 7.72. The average Bonchev–Trinajstić information content (AvgIpc) is 2.78. The van der Waals surface area contributed by atoms with Crippen molar-refractivity contribution in [2.24, 2.45) is 0 Å². The number of sulfonamides is 1. The molecule has 0 saturated heterocycles. The van der Waals surface area contributed by atoms with E-state index in [1.807, 2.05) is 13.8 Å². The van der Waals surface area contributed by atoms with Crippen molar-refractivity contribution in [2.45, 2.75) is 52.7 Å². The highest BCUT2D eigenvalue weighted by atomic mass is 35.5. The molecular weight excluding hydrogens is 533 g/mol. The molecule has 0 fully saturated rings. The van der Waals surface area contributed by atoms with Gasteiger partial charge in [-0.25, -0.2) is 8.42 Å². The van der Waals surface area contributed by atoms with Crippen LogP contribution < -0.4 is 9.62 Å². The van der Waals surface area contributed by atoms with Crippen molar-refractivity contribution >= 4 is 62.3 Å². The van der Waals surface area contributed by atoms with Gasteiger partial charge in [0.25, 0.3) is 0 Å². The summed E-state index contributed by atoms with van der Waals surface area (Å²) < 4.78 is 26.4. The molecule has 0 saturated carbocycles. The van der Waals surface area contributed by atoms with Crippen LogP contribution in [0.1, 0.15) is 38.3 Å². The van der Waals surface area contributed by atoms with E-state index in [9.17, 15) is 18.0 Å². The van der Waals surface area contributed by atoms with E-state index in [1.54, 1.807) is 44.2 Å². The zero-order valence-corrected chi connectivity index (χ0v) is 23.4. The summed E-state index contributed by atoms with van der Waals surface area (Å²) in [5.74, 6) is -0.912. The molecule has 2 aromatic rings. The van der Waals surface area contributed by atoms with Crippen molar-refractivity contribution in [3.05, 3.63) is 62.6 Å². The van der Waals surface area contributed by atoms with Gasteiger partial charge in [0.05, 0.1) is 22.0 Å². The molecule has 0 aliphatic carbocycles. The Hall–Kier alpha value is -2.00. The third-order valence-electron chi connectivity index (χ3n) is 5.62. The van der Waals surface area contributed by atoms with Gasteiger partial charge in [0.15, 0.2) is 0 Å². The van der Waals surface area contributed by atoms with Crippen molar-refractivity contribution in [1.82, 2.24) is 10.2 Å². The maximum Gasteiger partial charge on any atom is 0.244 e. The number of nitrogens with one attached hydrogen (secondary N) is 1. The number of hydrogen-bond donors (Lipinski definition) is 1. The number of amides is 2. The second-order valence-corrected chi connectivity index (χ2v) is 11.6. The van der Waals surface area contributed by atoms with E-state index in [0.29, 0.717) is 31.9 Å². The number of carbonyl (C=O) groups is 2. The second-order valence-electron chi connectivity index (χ2n) is 8.46. The lowest BCUT2D eigenvalue weighted by molar-refractivity contribution is -0.139. The average molecular weight is 563 g/mol. The monoisotopic (exact) mass is 561 g/mol. The lowest BCUT2D eigenvalue weighted by Crippen LogP contribution is -2.52. The lowest BCUT2D eigenvalue weighted by Gasteiger charge is -2.32. The fourth-order valence-electron chi connectivity index (χ4n) is 3.33. The highest BCUT2D eigenvalue weighted by Crippen LogP contribution is 2.27. The Balaban J connectivity index is 2.45. The first-order valence-corrected chi connectivity index (χ1v) is 14.0. The van der Waals surface area contributed by atoms with Crippen molar-refractivity contribution in [3.63, 3.8) is 0 Å². The normalized spacial score (nSPS) is 13.1. The van der Waals surface area contributed by atoms with Crippen LogP contribution in [0.5, 0.6) is 0 Å². The number of aryl methyl sites for hydroxylation is 1. The highest BCUT2D eigenvalue weighted by molar-refractivity contribution is 7.92. The SMILES string of the molecule is CCC(C)NC(=O)C(C)N(Cc1ccc(Cl)c(Cl)c1)C(=O)CN(c1cc(Cl)ccc1C)S(C)(=O)=O. The van der Waals surface area contributed by atoms with Crippen LogP contribution in [0.25, 0.3) is 0 Å². The molecule has 0 heterocycles. The van der Waals surface area contributed by atoms with Gasteiger partial charge >= 0.3 is 0 Å². The molecule has 11 heteroatoms. The quantitative estimate of drug-likeness (QED) is 0.439. The standard InChI is InChI=1S/C24H30Cl3N3O4S/c1-6-16(3)28-24(32)17(4)29(13-18-8-10-20(26)21(27)11-18)23(31)14-30(35(5,33)34)22-12-19(25)9-7-15(22)2/h7-12,16-17H,6,13-14H2,1-5H3,(H,28,32). The molecule has 2 unspecified atom stereocenters. The van der Waals surface area contributed by atoms with Gasteiger partial charge in [-0.15, -0.1) is 0 Å². The van der Waals surface area contributed by atoms with Crippen LogP contribution in [0.2, 0.25) is 15.1 Å². The Kier molecular flexibility index (Phi) is 10.3. The Morgan fingerprint density at radius 1 is 1.03 bits per heavy atom. The lowest BCUT2D eigenvalue weighted by atomic mass is 10.1. The van der Waals surface area contributed by atoms with Gasteiger partial charge in [-0.1, -0.05) is 53.9 Å². The van der Waals surface area contributed by atoms with Crippen molar-refractivity contribution < 1.29 is 18.0 Å². The molecule has 192 valence electrons. The molecule has 1 N–H and O–H groups in total. The van der Waals surface area contributed by atoms with Crippen LogP contribution in [0.4, 0.5) is 5.69 Å². The maximum atomic E-state index is 13.6. The van der Waals surface area contributed by atoms with Gasteiger partial charge in [-0.2, -0.15) is 0 Å². The summed E-state index contributed by atoms with van der Waals surface area (Å²) in [5.41, 5.74) is 1.56. The van der Waals surface area contributed by atoms with E-state index >= 15 is 0 Å². The Labute approximate surface area is 222 Å². The molecule has 0 aromatic heterocycles. The summed E-state index contributed by atoms with van der Waals surface area (Å²) in [5, 5.41) is 3.87. The Morgan fingerprint density at radius 2 is 1.69 bits per heavy atom. The van der Waals surface area contributed by atoms with Crippen LogP contribution in [0.15, 0.2) is 36.4 Å². The smallest absolute Gasteiger partial charge is 0.244 e. The van der Waals surface area contributed by atoms with Gasteiger partial charge in [0.2, 0.25) is 21.8 Å². The van der Waals surface area contributed by atoms with E-state index in [4.69, 9.17) is 34.8 Å². The summed E-state index contributed by atoms with van der Waals surface area (Å²) in [6.07, 6.45) is 1.73. The maximum absolute atomic E-state index is 13.6. The summed E-state index contributed by atoms with van der Waals surface area (Å²) in [7, 11) is -3.85. The third kappa shape index (κ3) is 8.00. The molecule has 0 bridgehead atoms. The van der Waals surface area contributed by atoms with E-state index in [0.717, 1.165) is 17.0 Å². The van der Waals surface area contributed by atoms with Gasteiger partial charge in [0, 0.05) is 17.6 Å². The molecule has 2 rings (SSSR count). The molecule has 35 heavy (non-hydrogen) atoms. The zero-order valence-electron chi connectivity index (χ0n) is 20.3. The number of halogens is 3. The van der Waals surface area contributed by atoms with E-state index in [1.165, 1.54) is 11.0 Å².